The molecule has 1 aliphatic heterocycles. The van der Waals surface area contributed by atoms with Gasteiger partial charge >= 0.3 is 6.18 Å². The molecule has 0 aromatic heterocycles. The van der Waals surface area contributed by atoms with Gasteiger partial charge in [-0.25, -0.2) is 13.1 Å². The minimum atomic E-state index is -4.69. The molecular formula is C13H17F3N2O2S. The quantitative estimate of drug-likeness (QED) is 0.871. The zero-order chi connectivity index (χ0) is 15.5. The van der Waals surface area contributed by atoms with Gasteiger partial charge in [0.15, 0.2) is 0 Å². The van der Waals surface area contributed by atoms with Gasteiger partial charge < -0.3 is 5.32 Å². The van der Waals surface area contributed by atoms with Crippen LogP contribution in [0.25, 0.3) is 0 Å². The fourth-order valence-corrected chi connectivity index (χ4v) is 3.64. The van der Waals surface area contributed by atoms with E-state index in [1.807, 2.05) is 0 Å². The molecule has 2 rings (SSSR count). The summed E-state index contributed by atoms with van der Waals surface area (Å²) in [5.41, 5.74) is -1.14. The smallest absolute Gasteiger partial charge is 0.316 e. The Balaban J connectivity index is 2.08. The highest BCUT2D eigenvalue weighted by molar-refractivity contribution is 7.89. The minimum Gasteiger partial charge on any atom is -0.316 e. The van der Waals surface area contributed by atoms with E-state index in [1.165, 1.54) is 12.1 Å². The molecule has 8 heteroatoms. The van der Waals surface area contributed by atoms with Gasteiger partial charge in [-0.2, -0.15) is 13.2 Å². The molecule has 0 aliphatic carbocycles. The third kappa shape index (κ3) is 4.18. The molecule has 0 bridgehead atoms. The molecule has 1 aromatic rings. The molecule has 1 unspecified atom stereocenters. The Morgan fingerprint density at radius 3 is 2.62 bits per heavy atom. The molecule has 21 heavy (non-hydrogen) atoms. The number of hydrogen-bond acceptors (Lipinski definition) is 3. The SMILES string of the molecule is O=S(=O)(NCCC1CCNC1)c1ccccc1C(F)(F)F. The first-order valence-electron chi connectivity index (χ1n) is 6.67. The van der Waals surface area contributed by atoms with Crippen LogP contribution in [0.15, 0.2) is 29.2 Å². The van der Waals surface area contributed by atoms with E-state index in [2.05, 4.69) is 10.0 Å². The van der Waals surface area contributed by atoms with E-state index in [0.29, 0.717) is 12.3 Å². The van der Waals surface area contributed by atoms with Gasteiger partial charge in [-0.3, -0.25) is 0 Å². The summed E-state index contributed by atoms with van der Waals surface area (Å²) in [5, 5.41) is 3.15. The Morgan fingerprint density at radius 2 is 2.00 bits per heavy atom. The van der Waals surface area contributed by atoms with Crippen LogP contribution in [0.1, 0.15) is 18.4 Å². The molecule has 0 spiro atoms. The highest BCUT2D eigenvalue weighted by Gasteiger charge is 2.36. The largest absolute Gasteiger partial charge is 0.417 e. The summed E-state index contributed by atoms with van der Waals surface area (Å²) in [6.07, 6.45) is -3.12. The van der Waals surface area contributed by atoms with Crippen LogP contribution >= 0.6 is 0 Å². The maximum atomic E-state index is 12.8. The van der Waals surface area contributed by atoms with Crippen molar-refractivity contribution in [3.05, 3.63) is 29.8 Å². The van der Waals surface area contributed by atoms with Crippen LogP contribution in [-0.2, 0) is 16.2 Å². The van der Waals surface area contributed by atoms with E-state index < -0.39 is 26.7 Å². The predicted molar refractivity (Wildman–Crippen MR) is 72.2 cm³/mol. The molecule has 1 aliphatic rings. The van der Waals surface area contributed by atoms with E-state index in [9.17, 15) is 21.6 Å². The van der Waals surface area contributed by atoms with Crippen LogP contribution in [0, 0.1) is 5.92 Å². The molecule has 1 aromatic carbocycles. The fraction of sp³-hybridized carbons (Fsp3) is 0.538. The van der Waals surface area contributed by atoms with E-state index in [0.717, 1.165) is 31.6 Å². The Morgan fingerprint density at radius 1 is 1.29 bits per heavy atom. The van der Waals surface area contributed by atoms with E-state index in [1.54, 1.807) is 0 Å². The van der Waals surface area contributed by atoms with Crippen molar-refractivity contribution in [2.24, 2.45) is 5.92 Å². The standard InChI is InChI=1S/C13H17F3N2O2S/c14-13(15,16)11-3-1-2-4-12(11)21(19,20)18-8-6-10-5-7-17-9-10/h1-4,10,17-18H,5-9H2. The summed E-state index contributed by atoms with van der Waals surface area (Å²) in [4.78, 5) is -0.720. The van der Waals surface area contributed by atoms with Gasteiger partial charge in [0.25, 0.3) is 0 Å². The lowest BCUT2D eigenvalue weighted by Gasteiger charge is -2.14. The van der Waals surface area contributed by atoms with Crippen molar-refractivity contribution in [2.45, 2.75) is 23.9 Å². The molecule has 4 nitrogen and oxygen atoms in total. The molecule has 2 N–H and O–H groups in total. The number of alkyl halides is 3. The number of sulfonamides is 1. The zero-order valence-electron chi connectivity index (χ0n) is 11.3. The first-order chi connectivity index (χ1) is 9.81. The predicted octanol–water partition coefficient (Wildman–Crippen LogP) is 1.98. The Bertz CT molecular complexity index is 581. The number of rotatable bonds is 5. The summed E-state index contributed by atoms with van der Waals surface area (Å²) in [6, 6.07) is 4.20. The van der Waals surface area contributed by atoms with Gasteiger partial charge in [-0.05, 0) is 44.0 Å². The lowest BCUT2D eigenvalue weighted by Crippen LogP contribution is -2.28. The minimum absolute atomic E-state index is 0.140. The second-order valence-corrected chi connectivity index (χ2v) is 6.77. The molecule has 0 radical (unpaired) electrons. The summed E-state index contributed by atoms with van der Waals surface area (Å²) in [7, 11) is -4.16. The first kappa shape index (κ1) is 16.3. The number of halogens is 3. The van der Waals surface area contributed by atoms with Crippen LogP contribution < -0.4 is 10.0 Å². The summed E-state index contributed by atoms with van der Waals surface area (Å²) < 4.78 is 64.9. The van der Waals surface area contributed by atoms with Crippen molar-refractivity contribution in [3.8, 4) is 0 Å². The van der Waals surface area contributed by atoms with Gasteiger partial charge in [0.1, 0.15) is 0 Å². The van der Waals surface area contributed by atoms with E-state index >= 15 is 0 Å². The summed E-state index contributed by atoms with van der Waals surface area (Å²) in [5.74, 6) is 0.366. The lowest BCUT2D eigenvalue weighted by atomic mass is 10.1. The van der Waals surface area contributed by atoms with E-state index in [4.69, 9.17) is 0 Å². The van der Waals surface area contributed by atoms with Gasteiger partial charge in [-0.15, -0.1) is 0 Å². The van der Waals surface area contributed by atoms with Crippen molar-refractivity contribution in [3.63, 3.8) is 0 Å². The molecular weight excluding hydrogens is 305 g/mol. The first-order valence-corrected chi connectivity index (χ1v) is 8.15. The molecule has 0 amide bonds. The van der Waals surface area contributed by atoms with Crippen molar-refractivity contribution in [1.29, 1.82) is 0 Å². The second kappa shape index (κ2) is 6.33. The molecule has 1 fully saturated rings. The Labute approximate surface area is 121 Å². The van der Waals surface area contributed by atoms with Gasteiger partial charge in [0.2, 0.25) is 10.0 Å². The van der Waals surface area contributed by atoms with Crippen LogP contribution in [0.4, 0.5) is 13.2 Å². The third-order valence-electron chi connectivity index (χ3n) is 3.49. The zero-order valence-corrected chi connectivity index (χ0v) is 12.1. The highest BCUT2D eigenvalue weighted by atomic mass is 32.2. The normalized spacial score (nSPS) is 19.9. The highest BCUT2D eigenvalue weighted by Crippen LogP contribution is 2.33. The summed E-state index contributed by atoms with van der Waals surface area (Å²) in [6.45, 7) is 1.86. The van der Waals surface area contributed by atoms with E-state index in [-0.39, 0.29) is 6.54 Å². The Kier molecular flexibility index (Phi) is 4.90. The summed E-state index contributed by atoms with van der Waals surface area (Å²) >= 11 is 0. The van der Waals surface area contributed by atoms with Crippen LogP contribution in [0.2, 0.25) is 0 Å². The number of nitrogens with one attached hydrogen (secondary N) is 2. The molecule has 1 saturated heterocycles. The molecule has 1 atom stereocenters. The van der Waals surface area contributed by atoms with Crippen molar-refractivity contribution < 1.29 is 21.6 Å². The van der Waals surface area contributed by atoms with Gasteiger partial charge in [-0.1, -0.05) is 12.1 Å². The van der Waals surface area contributed by atoms with Gasteiger partial charge in [0.05, 0.1) is 10.5 Å². The molecule has 118 valence electrons. The molecule has 1 heterocycles. The average molecular weight is 322 g/mol. The maximum absolute atomic E-state index is 12.8. The average Bonchev–Trinajstić information content (AvgIpc) is 2.91. The van der Waals surface area contributed by atoms with Crippen LogP contribution in [-0.4, -0.2) is 28.1 Å². The number of hydrogen-bond donors (Lipinski definition) is 2. The molecule has 0 saturated carbocycles. The topological polar surface area (TPSA) is 58.2 Å². The lowest BCUT2D eigenvalue weighted by molar-refractivity contribution is -0.139. The Hall–Kier alpha value is -1.12. The van der Waals surface area contributed by atoms with Crippen molar-refractivity contribution in [2.75, 3.05) is 19.6 Å². The number of benzene rings is 1. The third-order valence-corrected chi connectivity index (χ3v) is 5.01. The van der Waals surface area contributed by atoms with Crippen molar-refractivity contribution in [1.82, 2.24) is 10.0 Å². The van der Waals surface area contributed by atoms with Crippen LogP contribution in [0.3, 0.4) is 0 Å². The van der Waals surface area contributed by atoms with Crippen LogP contribution in [0.5, 0.6) is 0 Å². The second-order valence-electron chi connectivity index (χ2n) is 5.04. The maximum Gasteiger partial charge on any atom is 0.417 e. The monoisotopic (exact) mass is 322 g/mol. The van der Waals surface area contributed by atoms with Gasteiger partial charge in [0, 0.05) is 6.54 Å². The van der Waals surface area contributed by atoms with Crippen molar-refractivity contribution >= 4 is 10.0 Å². The fourth-order valence-electron chi connectivity index (χ4n) is 2.37.